The number of carbonyl (C=O) groups excluding carboxylic acids is 2. The molecule has 4 heteroatoms. The first-order valence-electron chi connectivity index (χ1n) is 27.1. The molecule has 0 aliphatic rings. The lowest BCUT2D eigenvalue weighted by Crippen LogP contribution is -2.31. The van der Waals surface area contributed by atoms with Gasteiger partial charge in [0.25, 0.3) is 0 Å². The van der Waals surface area contributed by atoms with E-state index in [-0.39, 0.29) is 5.91 Å². The second-order valence-electron chi connectivity index (χ2n) is 18.9. The Bertz CT molecular complexity index is 799. The van der Waals surface area contributed by atoms with Gasteiger partial charge in [-0.25, -0.2) is 0 Å². The fourth-order valence-corrected chi connectivity index (χ4v) is 8.72. The number of carbonyl (C=O) groups is 2. The number of nitrogens with one attached hydrogen (secondary N) is 1. The number of aliphatic hydroxyl groups is 1. The van der Waals surface area contributed by atoms with Gasteiger partial charge in [0.1, 0.15) is 5.78 Å². The highest BCUT2D eigenvalue weighted by Crippen LogP contribution is 2.18. The second kappa shape index (κ2) is 50.5. The summed E-state index contributed by atoms with van der Waals surface area (Å²) in [5, 5.41) is 13.2. The highest BCUT2D eigenvalue weighted by atomic mass is 16.3. The molecule has 0 bridgehead atoms. The summed E-state index contributed by atoms with van der Waals surface area (Å²) in [5.74, 6) is 0.608. The Morgan fingerprint density at radius 1 is 0.328 bits per heavy atom. The van der Waals surface area contributed by atoms with Crippen LogP contribution < -0.4 is 5.32 Å². The van der Waals surface area contributed by atoms with Crippen LogP contribution >= 0.6 is 0 Å². The van der Waals surface area contributed by atoms with E-state index >= 15 is 0 Å². The Morgan fingerprint density at radius 2 is 0.552 bits per heavy atom. The summed E-state index contributed by atoms with van der Waals surface area (Å²) in [6.45, 7) is 4.99. The van der Waals surface area contributed by atoms with Gasteiger partial charge in [0.15, 0.2) is 0 Å². The maximum Gasteiger partial charge on any atom is 0.220 e. The lowest BCUT2D eigenvalue weighted by atomic mass is 10.0. The molecule has 0 rings (SSSR count). The maximum atomic E-state index is 12.3. The van der Waals surface area contributed by atoms with E-state index in [4.69, 9.17) is 0 Å². The average molecular weight is 818 g/mol. The number of rotatable bonds is 51. The molecule has 0 unspecified atom stereocenters. The van der Waals surface area contributed by atoms with Crippen molar-refractivity contribution in [3.05, 3.63) is 0 Å². The highest BCUT2D eigenvalue weighted by Gasteiger charge is 2.07. The molecular formula is C54H107NO3. The maximum absolute atomic E-state index is 12.3. The van der Waals surface area contributed by atoms with E-state index in [1.165, 1.54) is 250 Å². The first-order chi connectivity index (χ1) is 28.6. The fraction of sp³-hybridized carbons (Fsp3) is 0.963. The molecule has 58 heavy (non-hydrogen) atoms. The van der Waals surface area contributed by atoms with Crippen molar-refractivity contribution in [1.29, 1.82) is 0 Å². The summed E-state index contributed by atoms with van der Waals surface area (Å²) >= 11 is 0. The smallest absolute Gasteiger partial charge is 0.220 e. The van der Waals surface area contributed by atoms with Gasteiger partial charge in [-0.3, -0.25) is 9.59 Å². The minimum absolute atomic E-state index is 0.104. The highest BCUT2D eigenvalue weighted by molar-refractivity contribution is 5.78. The first kappa shape index (κ1) is 57.1. The number of aliphatic hydroxyl groups excluding tert-OH is 1. The van der Waals surface area contributed by atoms with Crippen LogP contribution in [0.1, 0.15) is 322 Å². The van der Waals surface area contributed by atoms with Crippen molar-refractivity contribution in [1.82, 2.24) is 5.32 Å². The quantitative estimate of drug-likeness (QED) is 0.0601. The van der Waals surface area contributed by atoms with Crippen molar-refractivity contribution in [3.63, 3.8) is 0 Å². The average Bonchev–Trinajstić information content (AvgIpc) is 3.22. The molecule has 2 N–H and O–H groups in total. The van der Waals surface area contributed by atoms with Gasteiger partial charge in [0, 0.05) is 25.8 Å². The van der Waals surface area contributed by atoms with E-state index in [9.17, 15) is 14.7 Å². The third kappa shape index (κ3) is 49.5. The zero-order chi connectivity index (χ0) is 42.1. The molecule has 1 amide bonds. The standard InChI is InChI=1S/C54H107NO3/c1-3-5-7-9-11-13-15-17-19-20-21-24-27-31-35-39-43-47-52(56)48-44-40-36-32-28-25-22-26-30-34-38-42-46-50-54(58)55-51-53(57)49-45-41-37-33-29-23-18-16-14-12-10-8-6-4-2/h53,57H,3-51H2,1-2H3,(H,55,58)/t53-/m0/s1. The van der Waals surface area contributed by atoms with Gasteiger partial charge in [0.2, 0.25) is 5.91 Å². The van der Waals surface area contributed by atoms with Gasteiger partial charge < -0.3 is 10.4 Å². The van der Waals surface area contributed by atoms with E-state index in [1.807, 2.05) is 0 Å². The Hall–Kier alpha value is -0.900. The predicted molar refractivity (Wildman–Crippen MR) is 257 cm³/mol. The molecule has 0 aromatic rings. The number of hydrogen-bond donors (Lipinski definition) is 2. The summed E-state index contributed by atoms with van der Waals surface area (Å²) in [6, 6.07) is 0. The van der Waals surface area contributed by atoms with Gasteiger partial charge in [-0.1, -0.05) is 277 Å². The first-order valence-corrected chi connectivity index (χ1v) is 27.1. The van der Waals surface area contributed by atoms with Crippen LogP contribution in [-0.2, 0) is 9.59 Å². The lowest BCUT2D eigenvalue weighted by Gasteiger charge is -2.12. The summed E-state index contributed by atoms with van der Waals surface area (Å²) in [5.41, 5.74) is 0. The Balaban J connectivity index is 3.28. The topological polar surface area (TPSA) is 66.4 Å². The van der Waals surface area contributed by atoms with Crippen molar-refractivity contribution in [2.75, 3.05) is 6.54 Å². The van der Waals surface area contributed by atoms with E-state index < -0.39 is 6.10 Å². The molecule has 0 saturated carbocycles. The molecule has 0 spiro atoms. The molecule has 4 nitrogen and oxygen atoms in total. The minimum Gasteiger partial charge on any atom is -0.391 e. The summed E-state index contributed by atoms with van der Waals surface area (Å²) in [7, 11) is 0. The van der Waals surface area contributed by atoms with E-state index in [0.29, 0.717) is 18.7 Å². The van der Waals surface area contributed by atoms with Gasteiger partial charge >= 0.3 is 0 Å². The molecule has 0 radical (unpaired) electrons. The Kier molecular flexibility index (Phi) is 49.7. The van der Waals surface area contributed by atoms with E-state index in [2.05, 4.69) is 19.2 Å². The number of amides is 1. The fourth-order valence-electron chi connectivity index (χ4n) is 8.72. The van der Waals surface area contributed by atoms with Crippen molar-refractivity contribution >= 4 is 11.7 Å². The summed E-state index contributed by atoms with van der Waals surface area (Å²) < 4.78 is 0. The Morgan fingerprint density at radius 3 is 0.828 bits per heavy atom. The number of ketones is 1. The lowest BCUT2D eigenvalue weighted by molar-refractivity contribution is -0.121. The molecule has 0 heterocycles. The zero-order valence-corrected chi connectivity index (χ0v) is 40.0. The van der Waals surface area contributed by atoms with Gasteiger partial charge in [-0.05, 0) is 25.7 Å². The van der Waals surface area contributed by atoms with E-state index in [0.717, 1.165) is 51.4 Å². The summed E-state index contributed by atoms with van der Waals surface area (Å²) in [4.78, 5) is 24.5. The molecular weight excluding hydrogens is 711 g/mol. The third-order valence-electron chi connectivity index (χ3n) is 12.8. The SMILES string of the molecule is CCCCCCCCCCCCCCCCCCCC(=O)CCCCCCCCCCCCCCCC(=O)NC[C@@H](O)CCCCCCCCCCCCCCCC. The minimum atomic E-state index is -0.398. The van der Waals surface area contributed by atoms with Crippen molar-refractivity contribution in [2.45, 2.75) is 328 Å². The van der Waals surface area contributed by atoms with Crippen molar-refractivity contribution < 1.29 is 14.7 Å². The van der Waals surface area contributed by atoms with Crippen LogP contribution in [0.3, 0.4) is 0 Å². The van der Waals surface area contributed by atoms with Crippen LogP contribution in [0.2, 0.25) is 0 Å². The van der Waals surface area contributed by atoms with Crippen LogP contribution in [0.15, 0.2) is 0 Å². The van der Waals surface area contributed by atoms with Crippen LogP contribution in [0.5, 0.6) is 0 Å². The number of Topliss-reactive ketones (excluding diaryl/α,β-unsaturated/α-hetero) is 1. The number of unbranched alkanes of at least 4 members (excludes halogenated alkanes) is 41. The third-order valence-corrected chi connectivity index (χ3v) is 12.8. The second-order valence-corrected chi connectivity index (χ2v) is 18.9. The zero-order valence-electron chi connectivity index (χ0n) is 40.0. The largest absolute Gasteiger partial charge is 0.391 e. The van der Waals surface area contributed by atoms with Gasteiger partial charge in [-0.2, -0.15) is 0 Å². The normalized spacial score (nSPS) is 12.1. The molecule has 0 fully saturated rings. The molecule has 0 aromatic carbocycles. The van der Waals surface area contributed by atoms with Crippen molar-refractivity contribution in [2.24, 2.45) is 0 Å². The van der Waals surface area contributed by atoms with Gasteiger partial charge in [-0.15, -0.1) is 0 Å². The summed E-state index contributed by atoms with van der Waals surface area (Å²) in [6.07, 6.45) is 61.4. The Labute approximate surface area is 365 Å². The predicted octanol–water partition coefficient (Wildman–Crippen LogP) is 17.8. The molecule has 1 atom stereocenters. The van der Waals surface area contributed by atoms with Crippen LogP contribution in [0, 0.1) is 0 Å². The molecule has 0 aliphatic carbocycles. The van der Waals surface area contributed by atoms with Crippen molar-refractivity contribution in [3.8, 4) is 0 Å². The molecule has 0 aliphatic heterocycles. The van der Waals surface area contributed by atoms with Gasteiger partial charge in [0.05, 0.1) is 6.10 Å². The molecule has 0 saturated heterocycles. The van der Waals surface area contributed by atoms with Crippen LogP contribution in [0.25, 0.3) is 0 Å². The number of hydrogen-bond acceptors (Lipinski definition) is 3. The molecule has 0 aromatic heterocycles. The monoisotopic (exact) mass is 818 g/mol. The molecule has 346 valence electrons. The van der Waals surface area contributed by atoms with E-state index in [1.54, 1.807) is 0 Å². The van der Waals surface area contributed by atoms with Crippen LogP contribution in [-0.4, -0.2) is 29.4 Å². The van der Waals surface area contributed by atoms with Crippen LogP contribution in [0.4, 0.5) is 0 Å².